The van der Waals surface area contributed by atoms with Crippen LogP contribution in [0.2, 0.25) is 0 Å². The molecule has 0 spiro atoms. The number of halogens is 2. The SMILES string of the molecule is O=C(Nc1cccc2[nH]ncc12)NC1CCc2c1cccc2N1CCC(F)(F)CC1. The van der Waals surface area contributed by atoms with Crippen molar-refractivity contribution < 1.29 is 13.6 Å². The third-order valence-corrected chi connectivity index (χ3v) is 6.12. The molecule has 1 fully saturated rings. The summed E-state index contributed by atoms with van der Waals surface area (Å²) in [4.78, 5) is 14.7. The standard InChI is InChI=1S/C22H23F2N5O/c23-22(24)9-11-29(12-10-22)20-6-1-3-14-15(20)7-8-18(14)27-21(30)26-17-4-2-5-19-16(17)13-25-28-19/h1-6,13,18H,7-12H2,(H,25,28)(H2,26,27,30). The fraction of sp³-hybridized carbons (Fsp3) is 0.364. The van der Waals surface area contributed by atoms with Gasteiger partial charge in [0.1, 0.15) is 0 Å². The van der Waals surface area contributed by atoms with E-state index in [0.717, 1.165) is 40.6 Å². The van der Waals surface area contributed by atoms with Crippen LogP contribution in [0.25, 0.3) is 10.9 Å². The van der Waals surface area contributed by atoms with Gasteiger partial charge < -0.3 is 15.5 Å². The minimum atomic E-state index is -2.56. The van der Waals surface area contributed by atoms with E-state index in [1.165, 1.54) is 0 Å². The summed E-state index contributed by atoms with van der Waals surface area (Å²) in [6.07, 6.45) is 3.07. The molecule has 8 heteroatoms. The van der Waals surface area contributed by atoms with Gasteiger partial charge >= 0.3 is 6.03 Å². The zero-order valence-corrected chi connectivity index (χ0v) is 16.4. The van der Waals surface area contributed by atoms with E-state index in [-0.39, 0.29) is 24.9 Å². The second-order valence-electron chi connectivity index (χ2n) is 8.01. The largest absolute Gasteiger partial charge is 0.371 e. The Bertz CT molecular complexity index is 1090. The van der Waals surface area contributed by atoms with Crippen molar-refractivity contribution in [2.45, 2.75) is 37.6 Å². The van der Waals surface area contributed by atoms with Crippen molar-refractivity contribution in [1.82, 2.24) is 15.5 Å². The molecule has 5 rings (SSSR count). The zero-order chi connectivity index (χ0) is 20.7. The predicted octanol–water partition coefficient (Wildman–Crippen LogP) is 4.61. The number of hydrogen-bond donors (Lipinski definition) is 3. The first-order valence-electron chi connectivity index (χ1n) is 10.2. The highest BCUT2D eigenvalue weighted by Gasteiger charge is 2.35. The Labute approximate surface area is 172 Å². The lowest BCUT2D eigenvalue weighted by molar-refractivity contribution is -0.0220. The van der Waals surface area contributed by atoms with Gasteiger partial charge in [-0.25, -0.2) is 13.6 Å². The number of carbonyl (C=O) groups is 1. The van der Waals surface area contributed by atoms with E-state index >= 15 is 0 Å². The molecule has 0 radical (unpaired) electrons. The smallest absolute Gasteiger partial charge is 0.319 e. The molecule has 1 aromatic heterocycles. The van der Waals surface area contributed by atoms with Crippen LogP contribution in [0.5, 0.6) is 0 Å². The number of nitrogens with zero attached hydrogens (tertiary/aromatic N) is 2. The van der Waals surface area contributed by atoms with E-state index in [1.807, 2.05) is 36.4 Å². The van der Waals surface area contributed by atoms with Gasteiger partial charge in [0.05, 0.1) is 23.4 Å². The number of hydrogen-bond acceptors (Lipinski definition) is 3. The number of nitrogens with one attached hydrogen (secondary N) is 3. The van der Waals surface area contributed by atoms with Gasteiger partial charge in [-0.3, -0.25) is 5.10 Å². The molecule has 1 atom stereocenters. The maximum Gasteiger partial charge on any atom is 0.319 e. The fourth-order valence-corrected chi connectivity index (χ4v) is 4.55. The minimum Gasteiger partial charge on any atom is -0.371 e. The first kappa shape index (κ1) is 18.8. The summed E-state index contributed by atoms with van der Waals surface area (Å²) in [5.74, 6) is -2.56. The van der Waals surface area contributed by atoms with Crippen molar-refractivity contribution in [2.24, 2.45) is 0 Å². The zero-order valence-electron chi connectivity index (χ0n) is 16.4. The third-order valence-electron chi connectivity index (χ3n) is 6.12. The molecular weight excluding hydrogens is 388 g/mol. The number of H-pyrrole nitrogens is 1. The normalized spacial score (nSPS) is 20.2. The Kier molecular flexibility index (Phi) is 4.56. The number of rotatable bonds is 3. The van der Waals surface area contributed by atoms with E-state index in [9.17, 15) is 13.6 Å². The molecule has 2 aliphatic rings. The highest BCUT2D eigenvalue weighted by Crippen LogP contribution is 2.39. The topological polar surface area (TPSA) is 73.0 Å². The maximum atomic E-state index is 13.5. The number of piperidine rings is 1. The van der Waals surface area contributed by atoms with Crippen LogP contribution >= 0.6 is 0 Å². The van der Waals surface area contributed by atoms with E-state index in [1.54, 1.807) is 6.20 Å². The summed E-state index contributed by atoms with van der Waals surface area (Å²) in [5.41, 5.74) is 4.80. The Balaban J connectivity index is 1.30. The van der Waals surface area contributed by atoms with Crippen molar-refractivity contribution in [3.8, 4) is 0 Å². The molecule has 2 heterocycles. The van der Waals surface area contributed by atoms with Gasteiger partial charge in [0.15, 0.2) is 0 Å². The highest BCUT2D eigenvalue weighted by atomic mass is 19.3. The maximum absolute atomic E-state index is 13.5. The molecule has 1 unspecified atom stereocenters. The summed E-state index contributed by atoms with van der Waals surface area (Å²) in [6, 6.07) is 11.2. The van der Waals surface area contributed by atoms with E-state index in [0.29, 0.717) is 18.8 Å². The van der Waals surface area contributed by atoms with Crippen LogP contribution in [0.3, 0.4) is 0 Å². The second-order valence-corrected chi connectivity index (χ2v) is 8.01. The molecule has 0 saturated carbocycles. The number of benzene rings is 2. The summed E-state index contributed by atoms with van der Waals surface area (Å²) < 4.78 is 27.1. The Morgan fingerprint density at radius 3 is 2.80 bits per heavy atom. The number of aromatic amines is 1. The molecule has 6 nitrogen and oxygen atoms in total. The molecule has 1 aliphatic heterocycles. The molecule has 0 bridgehead atoms. The van der Waals surface area contributed by atoms with Crippen LogP contribution in [0.15, 0.2) is 42.6 Å². The van der Waals surface area contributed by atoms with Crippen LogP contribution in [0, 0.1) is 0 Å². The van der Waals surface area contributed by atoms with Crippen molar-refractivity contribution in [2.75, 3.05) is 23.3 Å². The minimum absolute atomic E-state index is 0.102. The molecule has 1 saturated heterocycles. The van der Waals surface area contributed by atoms with Gasteiger partial charge in [-0.05, 0) is 42.2 Å². The number of aromatic nitrogens is 2. The number of fused-ring (bicyclic) bond motifs is 2. The van der Waals surface area contributed by atoms with Crippen LogP contribution in [0.1, 0.15) is 36.4 Å². The number of carbonyl (C=O) groups excluding carboxylic acids is 1. The molecule has 2 amide bonds. The van der Waals surface area contributed by atoms with Gasteiger partial charge in [0, 0.05) is 37.0 Å². The van der Waals surface area contributed by atoms with E-state index in [2.05, 4.69) is 25.7 Å². The molecule has 2 aromatic carbocycles. The lowest BCUT2D eigenvalue weighted by Crippen LogP contribution is -2.39. The van der Waals surface area contributed by atoms with Crippen LogP contribution in [-0.4, -0.2) is 35.2 Å². The number of anilines is 2. The fourth-order valence-electron chi connectivity index (χ4n) is 4.55. The number of alkyl halides is 2. The highest BCUT2D eigenvalue weighted by molar-refractivity contribution is 6.00. The summed E-state index contributed by atoms with van der Waals surface area (Å²) >= 11 is 0. The lowest BCUT2D eigenvalue weighted by atomic mass is 10.0. The lowest BCUT2D eigenvalue weighted by Gasteiger charge is -2.34. The average molecular weight is 411 g/mol. The Hall–Kier alpha value is -3.16. The van der Waals surface area contributed by atoms with Crippen molar-refractivity contribution >= 4 is 28.3 Å². The van der Waals surface area contributed by atoms with Gasteiger partial charge in [0.2, 0.25) is 0 Å². The Morgan fingerprint density at radius 1 is 1.17 bits per heavy atom. The van der Waals surface area contributed by atoms with Crippen LogP contribution in [-0.2, 0) is 6.42 Å². The number of urea groups is 1. The summed E-state index contributed by atoms with van der Waals surface area (Å²) in [7, 11) is 0. The summed E-state index contributed by atoms with van der Waals surface area (Å²) in [6.45, 7) is 0.716. The molecule has 1 aliphatic carbocycles. The second kappa shape index (κ2) is 7.27. The van der Waals surface area contributed by atoms with E-state index in [4.69, 9.17) is 0 Å². The van der Waals surface area contributed by atoms with Gasteiger partial charge in [-0.15, -0.1) is 0 Å². The van der Waals surface area contributed by atoms with Gasteiger partial charge in [-0.2, -0.15) is 5.10 Å². The molecule has 156 valence electrons. The molecule has 3 N–H and O–H groups in total. The van der Waals surface area contributed by atoms with Crippen LogP contribution in [0.4, 0.5) is 25.0 Å². The third kappa shape index (κ3) is 3.46. The first-order valence-corrected chi connectivity index (χ1v) is 10.2. The first-order chi connectivity index (χ1) is 14.5. The number of amides is 2. The average Bonchev–Trinajstić information content (AvgIpc) is 3.36. The predicted molar refractivity (Wildman–Crippen MR) is 112 cm³/mol. The monoisotopic (exact) mass is 411 g/mol. The van der Waals surface area contributed by atoms with Crippen molar-refractivity contribution in [3.63, 3.8) is 0 Å². The molecule has 30 heavy (non-hydrogen) atoms. The van der Waals surface area contributed by atoms with Crippen molar-refractivity contribution in [3.05, 3.63) is 53.7 Å². The van der Waals surface area contributed by atoms with E-state index < -0.39 is 5.92 Å². The Morgan fingerprint density at radius 2 is 1.97 bits per heavy atom. The van der Waals surface area contributed by atoms with Gasteiger partial charge in [-0.1, -0.05) is 18.2 Å². The quantitative estimate of drug-likeness (QED) is 0.589. The molecular formula is C22H23F2N5O. The van der Waals surface area contributed by atoms with Crippen molar-refractivity contribution in [1.29, 1.82) is 0 Å². The summed E-state index contributed by atoms with van der Waals surface area (Å²) in [5, 5.41) is 13.7. The van der Waals surface area contributed by atoms with Gasteiger partial charge in [0.25, 0.3) is 5.92 Å². The van der Waals surface area contributed by atoms with Crippen LogP contribution < -0.4 is 15.5 Å². The molecule has 3 aromatic rings.